The van der Waals surface area contributed by atoms with Crippen molar-refractivity contribution in [1.82, 2.24) is 20.1 Å². The summed E-state index contributed by atoms with van der Waals surface area (Å²) in [6, 6.07) is 31.4. The van der Waals surface area contributed by atoms with E-state index in [-0.39, 0.29) is 30.0 Å². The van der Waals surface area contributed by atoms with Gasteiger partial charge in [-0.3, -0.25) is 19.2 Å². The fraction of sp³-hybridized carbons (Fsp3) is 0.311. The van der Waals surface area contributed by atoms with E-state index in [2.05, 4.69) is 20.9 Å². The van der Waals surface area contributed by atoms with Crippen LogP contribution in [0.5, 0.6) is 0 Å². The molecule has 2 aliphatic rings. The van der Waals surface area contributed by atoms with Gasteiger partial charge in [-0.05, 0) is 99.5 Å². The molecule has 3 atom stereocenters. The Labute approximate surface area is 332 Å². The number of alkyl carbamates (subject to hydrolysis) is 1. The molecule has 2 saturated heterocycles. The molecule has 0 saturated carbocycles. The van der Waals surface area contributed by atoms with E-state index in [4.69, 9.17) is 4.74 Å². The number of carbonyl (C=O) groups excluding carboxylic acids is 5. The summed E-state index contributed by atoms with van der Waals surface area (Å²) in [5, 5.41) is 9.61. The topological polar surface area (TPSA) is 153 Å². The predicted octanol–water partition coefficient (Wildman–Crippen LogP) is 7.20. The number of nitrogens with zero attached hydrogens (tertiary/aromatic N) is 2. The minimum absolute atomic E-state index is 0.0481. The lowest BCUT2D eigenvalue weighted by Crippen LogP contribution is -2.49. The minimum Gasteiger partial charge on any atom is -0.444 e. The van der Waals surface area contributed by atoms with Gasteiger partial charge in [0.2, 0.25) is 17.7 Å². The first-order chi connectivity index (χ1) is 27.4. The lowest BCUT2D eigenvalue weighted by atomic mass is 10.0. The monoisotopic (exact) mass is 768 g/mol. The number of aromatic amines is 1. The smallest absolute Gasteiger partial charge is 0.408 e. The predicted molar refractivity (Wildman–Crippen MR) is 219 cm³/mol. The molecule has 2 fully saturated rings. The van der Waals surface area contributed by atoms with Gasteiger partial charge in [0.1, 0.15) is 23.7 Å². The summed E-state index contributed by atoms with van der Waals surface area (Å²) in [6.45, 7) is 6.21. The number of H-pyrrole nitrogens is 1. The van der Waals surface area contributed by atoms with Crippen LogP contribution in [0.25, 0.3) is 22.2 Å². The molecule has 0 aliphatic carbocycles. The van der Waals surface area contributed by atoms with E-state index in [0.717, 1.165) is 34.1 Å². The Bertz CT molecular complexity index is 2250. The van der Waals surface area contributed by atoms with Gasteiger partial charge < -0.3 is 35.5 Å². The number of aromatic nitrogens is 1. The van der Waals surface area contributed by atoms with Crippen LogP contribution >= 0.6 is 0 Å². The summed E-state index contributed by atoms with van der Waals surface area (Å²) in [7, 11) is 0. The zero-order valence-electron chi connectivity index (χ0n) is 32.4. The summed E-state index contributed by atoms with van der Waals surface area (Å²) in [6.07, 6.45) is 2.10. The molecule has 7 rings (SSSR count). The Balaban J connectivity index is 0.983. The van der Waals surface area contributed by atoms with E-state index in [1.165, 1.54) is 0 Å². The first kappa shape index (κ1) is 38.8. The number of hydrogen-bond acceptors (Lipinski definition) is 6. The molecule has 3 heterocycles. The number of likely N-dealkylation sites (tertiary alicyclic amines) is 2. The Morgan fingerprint density at radius 2 is 1.33 bits per heavy atom. The molecule has 0 radical (unpaired) electrons. The Hall–Kier alpha value is -6.43. The van der Waals surface area contributed by atoms with Crippen molar-refractivity contribution in [2.45, 2.75) is 76.6 Å². The average molecular weight is 769 g/mol. The van der Waals surface area contributed by atoms with Crippen molar-refractivity contribution in [2.24, 2.45) is 0 Å². The van der Waals surface area contributed by atoms with Crippen molar-refractivity contribution in [2.75, 3.05) is 23.7 Å². The van der Waals surface area contributed by atoms with Gasteiger partial charge in [0.15, 0.2) is 0 Å². The third kappa shape index (κ3) is 9.34. The van der Waals surface area contributed by atoms with E-state index in [1.807, 2.05) is 84.9 Å². The summed E-state index contributed by atoms with van der Waals surface area (Å²) < 4.78 is 5.45. The summed E-state index contributed by atoms with van der Waals surface area (Å²) >= 11 is 0. The number of anilines is 2. The molecule has 0 bridgehead atoms. The van der Waals surface area contributed by atoms with Crippen LogP contribution in [-0.4, -0.2) is 75.3 Å². The molecular formula is C45H48N6O6. The molecule has 12 nitrogen and oxygen atoms in total. The molecule has 1 unspecified atom stereocenters. The molecule has 4 aromatic carbocycles. The fourth-order valence-electron chi connectivity index (χ4n) is 7.59. The third-order valence-corrected chi connectivity index (χ3v) is 10.3. The molecular weight excluding hydrogens is 721 g/mol. The highest BCUT2D eigenvalue weighted by Gasteiger charge is 2.39. The van der Waals surface area contributed by atoms with Crippen LogP contribution in [0.3, 0.4) is 0 Å². The zero-order chi connectivity index (χ0) is 40.1. The lowest BCUT2D eigenvalue weighted by molar-refractivity contribution is -0.138. The van der Waals surface area contributed by atoms with Crippen molar-refractivity contribution in [3.8, 4) is 11.3 Å². The zero-order valence-corrected chi connectivity index (χ0v) is 32.4. The number of amides is 5. The average Bonchev–Trinajstić information content (AvgIpc) is 3.98. The van der Waals surface area contributed by atoms with Gasteiger partial charge in [-0.2, -0.15) is 0 Å². The summed E-state index contributed by atoms with van der Waals surface area (Å²) in [4.78, 5) is 73.5. The number of ether oxygens (including phenoxy) is 1. The highest BCUT2D eigenvalue weighted by Crippen LogP contribution is 2.30. The van der Waals surface area contributed by atoms with Crippen LogP contribution in [0.1, 0.15) is 63.6 Å². The fourth-order valence-corrected chi connectivity index (χ4v) is 7.59. The van der Waals surface area contributed by atoms with E-state index in [1.54, 1.807) is 54.8 Å². The Kier molecular flexibility index (Phi) is 11.4. The second-order valence-electron chi connectivity index (χ2n) is 15.6. The van der Waals surface area contributed by atoms with Gasteiger partial charge in [-0.25, -0.2) is 4.79 Å². The van der Waals surface area contributed by atoms with Gasteiger partial charge >= 0.3 is 6.09 Å². The molecule has 2 aliphatic heterocycles. The van der Waals surface area contributed by atoms with Gasteiger partial charge in [0.25, 0.3) is 5.91 Å². The molecule has 5 amide bonds. The number of benzene rings is 4. The molecule has 5 aromatic rings. The van der Waals surface area contributed by atoms with Crippen LogP contribution in [0.15, 0.2) is 109 Å². The number of rotatable bonds is 10. The second kappa shape index (κ2) is 16.7. The standard InChI is InChI=1S/C45H48N6O6/c1-45(2,3)57-44(56)49-40(31-14-8-5-9-15-31)43(55)51-25-11-17-38(51)42(54)47-34-22-23-35-32(27-34)28-36(48-35)30-18-20-33(21-19-30)46-41(53)37-16-10-24-50(37)39(52)26-29-12-6-4-7-13-29/h4-9,12-15,18-23,27-28,37-38,40,48H,10-11,16-17,24-26H2,1-3H3,(H,46,53)(H,47,54)(H,49,56)/t37-,38-,40?/m0/s1. The van der Waals surface area contributed by atoms with Crippen LogP contribution in [0.4, 0.5) is 16.2 Å². The SMILES string of the molecule is CC(C)(C)OC(=O)NC(C(=O)N1CCC[C@H]1C(=O)Nc1ccc2[nH]c(-c3ccc(NC(=O)[C@@H]4CCCN4C(=O)Cc4ccccc4)cc3)cc2c1)c1ccccc1. The highest BCUT2D eigenvalue weighted by atomic mass is 16.6. The molecule has 0 spiro atoms. The number of nitrogens with one attached hydrogen (secondary N) is 4. The summed E-state index contributed by atoms with van der Waals surface area (Å²) in [5.41, 5.74) is 4.64. The van der Waals surface area contributed by atoms with Gasteiger partial charge in [-0.1, -0.05) is 72.8 Å². The van der Waals surface area contributed by atoms with Crippen molar-refractivity contribution in [3.63, 3.8) is 0 Å². The first-order valence-corrected chi connectivity index (χ1v) is 19.5. The molecule has 12 heteroatoms. The van der Waals surface area contributed by atoms with E-state index >= 15 is 0 Å². The maximum absolute atomic E-state index is 14.0. The summed E-state index contributed by atoms with van der Waals surface area (Å²) in [5.74, 6) is -0.928. The number of carbonyl (C=O) groups is 5. The van der Waals surface area contributed by atoms with Crippen LogP contribution < -0.4 is 16.0 Å². The largest absolute Gasteiger partial charge is 0.444 e. The van der Waals surface area contributed by atoms with Crippen molar-refractivity contribution in [1.29, 1.82) is 0 Å². The van der Waals surface area contributed by atoms with Crippen molar-refractivity contribution < 1.29 is 28.7 Å². The van der Waals surface area contributed by atoms with Crippen LogP contribution in [-0.2, 0) is 30.3 Å². The van der Waals surface area contributed by atoms with E-state index < -0.39 is 29.8 Å². The van der Waals surface area contributed by atoms with Crippen molar-refractivity contribution >= 4 is 52.0 Å². The van der Waals surface area contributed by atoms with Crippen LogP contribution in [0, 0.1) is 0 Å². The molecule has 1 aromatic heterocycles. The first-order valence-electron chi connectivity index (χ1n) is 19.5. The minimum atomic E-state index is -1.02. The second-order valence-corrected chi connectivity index (χ2v) is 15.6. The van der Waals surface area contributed by atoms with Gasteiger partial charge in [-0.15, -0.1) is 0 Å². The van der Waals surface area contributed by atoms with E-state index in [9.17, 15) is 24.0 Å². The third-order valence-electron chi connectivity index (χ3n) is 10.3. The van der Waals surface area contributed by atoms with E-state index in [0.29, 0.717) is 49.3 Å². The maximum Gasteiger partial charge on any atom is 0.408 e. The number of hydrogen-bond donors (Lipinski definition) is 4. The normalized spacial score (nSPS) is 17.2. The van der Waals surface area contributed by atoms with Crippen LogP contribution in [0.2, 0.25) is 0 Å². The molecule has 4 N–H and O–H groups in total. The maximum atomic E-state index is 14.0. The molecule has 294 valence electrons. The van der Waals surface area contributed by atoms with Gasteiger partial charge in [0, 0.05) is 41.1 Å². The Morgan fingerprint density at radius 3 is 2.00 bits per heavy atom. The Morgan fingerprint density at radius 1 is 0.737 bits per heavy atom. The lowest BCUT2D eigenvalue weighted by Gasteiger charge is -2.29. The van der Waals surface area contributed by atoms with Gasteiger partial charge in [0.05, 0.1) is 6.42 Å². The highest BCUT2D eigenvalue weighted by molar-refractivity contribution is 6.01. The quantitative estimate of drug-likeness (QED) is 0.118. The van der Waals surface area contributed by atoms with Crippen molar-refractivity contribution in [3.05, 3.63) is 120 Å². The molecule has 57 heavy (non-hydrogen) atoms. The number of fused-ring (bicyclic) bond motifs is 1.